The maximum atomic E-state index is 12.1. The van der Waals surface area contributed by atoms with E-state index in [9.17, 15) is 4.79 Å². The van der Waals surface area contributed by atoms with Crippen LogP contribution >= 0.6 is 11.6 Å². The van der Waals surface area contributed by atoms with Crippen LogP contribution in [-0.2, 0) is 0 Å². The molecule has 0 aliphatic heterocycles. The van der Waals surface area contributed by atoms with E-state index in [-0.39, 0.29) is 11.3 Å². The molecule has 1 heterocycles. The molecule has 3 rings (SSSR count). The van der Waals surface area contributed by atoms with Gasteiger partial charge in [-0.1, -0.05) is 35.9 Å². The third kappa shape index (κ3) is 2.86. The van der Waals surface area contributed by atoms with Gasteiger partial charge in [-0.2, -0.15) is 0 Å². The number of hydrogen-bond donors (Lipinski definition) is 3. The number of H-pyrrole nitrogens is 1. The molecule has 6 heteroatoms. The lowest BCUT2D eigenvalue weighted by Gasteiger charge is -2.07. The third-order valence-corrected chi connectivity index (χ3v) is 3.47. The first-order valence-electron chi connectivity index (χ1n) is 6.61. The van der Waals surface area contributed by atoms with Crippen LogP contribution in [0.1, 0.15) is 11.3 Å². The quantitative estimate of drug-likeness (QED) is 0.512. The summed E-state index contributed by atoms with van der Waals surface area (Å²) < 4.78 is 0. The van der Waals surface area contributed by atoms with Crippen molar-refractivity contribution in [2.45, 2.75) is 0 Å². The van der Waals surface area contributed by atoms with E-state index >= 15 is 0 Å². The SMILES string of the molecule is NN/C(=C\c1nc2ccccc2[nH]c1=O)c1ccc(Cl)cc1. The lowest BCUT2D eigenvalue weighted by Crippen LogP contribution is -2.21. The molecule has 0 saturated heterocycles. The van der Waals surface area contributed by atoms with Gasteiger partial charge in [0.15, 0.2) is 0 Å². The normalized spacial score (nSPS) is 11.6. The molecule has 0 amide bonds. The number of halogens is 1. The van der Waals surface area contributed by atoms with E-state index in [2.05, 4.69) is 15.4 Å². The molecule has 4 N–H and O–H groups in total. The molecule has 0 saturated carbocycles. The summed E-state index contributed by atoms with van der Waals surface area (Å²) in [6.07, 6.45) is 1.61. The topological polar surface area (TPSA) is 83.8 Å². The zero-order chi connectivity index (χ0) is 15.5. The number of para-hydroxylation sites is 2. The number of aromatic nitrogens is 2. The van der Waals surface area contributed by atoms with Gasteiger partial charge in [-0.05, 0) is 35.9 Å². The minimum absolute atomic E-state index is 0.277. The lowest BCUT2D eigenvalue weighted by atomic mass is 10.1. The lowest BCUT2D eigenvalue weighted by molar-refractivity contribution is 0.995. The third-order valence-electron chi connectivity index (χ3n) is 3.22. The molecule has 0 unspecified atom stereocenters. The Kier molecular flexibility index (Phi) is 3.91. The Morgan fingerprint density at radius 3 is 2.64 bits per heavy atom. The highest BCUT2D eigenvalue weighted by Gasteiger charge is 2.06. The predicted molar refractivity (Wildman–Crippen MR) is 89.0 cm³/mol. The van der Waals surface area contributed by atoms with E-state index in [4.69, 9.17) is 17.4 Å². The van der Waals surface area contributed by atoms with E-state index in [0.29, 0.717) is 21.8 Å². The van der Waals surface area contributed by atoms with Gasteiger partial charge in [-0.3, -0.25) is 10.6 Å². The second kappa shape index (κ2) is 6.01. The van der Waals surface area contributed by atoms with Crippen molar-refractivity contribution >= 4 is 34.4 Å². The molecule has 0 aliphatic rings. The van der Waals surface area contributed by atoms with Crippen LogP contribution in [0.15, 0.2) is 53.3 Å². The van der Waals surface area contributed by atoms with Crippen molar-refractivity contribution < 1.29 is 0 Å². The number of nitrogens with one attached hydrogen (secondary N) is 2. The smallest absolute Gasteiger partial charge is 0.274 e. The van der Waals surface area contributed by atoms with Gasteiger partial charge < -0.3 is 10.4 Å². The molecule has 0 atom stereocenters. The Morgan fingerprint density at radius 2 is 1.91 bits per heavy atom. The Hall–Kier alpha value is -2.63. The van der Waals surface area contributed by atoms with E-state index in [1.165, 1.54) is 0 Å². The average Bonchev–Trinajstić information content (AvgIpc) is 2.54. The highest BCUT2D eigenvalue weighted by atomic mass is 35.5. The largest absolute Gasteiger partial charge is 0.323 e. The molecular weight excluding hydrogens is 300 g/mol. The van der Waals surface area contributed by atoms with Crippen molar-refractivity contribution in [1.82, 2.24) is 15.4 Å². The maximum absolute atomic E-state index is 12.1. The number of hydrazine groups is 1. The summed E-state index contributed by atoms with van der Waals surface area (Å²) in [5, 5.41) is 0.627. The number of aromatic amines is 1. The molecular formula is C16H13ClN4O. The Bertz CT molecular complexity index is 900. The number of fused-ring (bicyclic) bond motifs is 1. The Morgan fingerprint density at radius 1 is 1.18 bits per heavy atom. The highest BCUT2D eigenvalue weighted by Crippen LogP contribution is 2.17. The van der Waals surface area contributed by atoms with E-state index < -0.39 is 0 Å². The van der Waals surface area contributed by atoms with Crippen LogP contribution in [0.4, 0.5) is 0 Å². The van der Waals surface area contributed by atoms with Gasteiger partial charge in [0, 0.05) is 5.02 Å². The highest BCUT2D eigenvalue weighted by molar-refractivity contribution is 6.30. The zero-order valence-electron chi connectivity index (χ0n) is 11.5. The summed E-state index contributed by atoms with van der Waals surface area (Å²) >= 11 is 5.87. The first kappa shape index (κ1) is 14.3. The molecule has 0 aliphatic carbocycles. The maximum Gasteiger partial charge on any atom is 0.274 e. The van der Waals surface area contributed by atoms with Crippen LogP contribution in [-0.4, -0.2) is 9.97 Å². The van der Waals surface area contributed by atoms with Gasteiger partial charge in [0.1, 0.15) is 5.69 Å². The summed E-state index contributed by atoms with van der Waals surface area (Å²) in [6, 6.07) is 14.5. The molecule has 2 aromatic carbocycles. The number of rotatable bonds is 3. The minimum Gasteiger partial charge on any atom is -0.323 e. The summed E-state index contributed by atoms with van der Waals surface area (Å²) in [6.45, 7) is 0. The van der Waals surface area contributed by atoms with Crippen molar-refractivity contribution in [3.63, 3.8) is 0 Å². The van der Waals surface area contributed by atoms with E-state index in [1.807, 2.05) is 30.3 Å². The second-order valence-electron chi connectivity index (χ2n) is 4.68. The zero-order valence-corrected chi connectivity index (χ0v) is 12.3. The number of nitrogens with zero attached hydrogens (tertiary/aromatic N) is 1. The van der Waals surface area contributed by atoms with Crippen LogP contribution in [0, 0.1) is 0 Å². The average molecular weight is 313 g/mol. The van der Waals surface area contributed by atoms with Gasteiger partial charge in [0.05, 0.1) is 16.7 Å². The number of hydrogen-bond acceptors (Lipinski definition) is 4. The van der Waals surface area contributed by atoms with Gasteiger partial charge in [-0.15, -0.1) is 0 Å². The van der Waals surface area contributed by atoms with Gasteiger partial charge in [-0.25, -0.2) is 4.98 Å². The predicted octanol–water partition coefficient (Wildman–Crippen LogP) is 2.54. The monoisotopic (exact) mass is 312 g/mol. The molecule has 0 bridgehead atoms. The first-order chi connectivity index (χ1) is 10.7. The van der Waals surface area contributed by atoms with Crippen molar-refractivity contribution in [3.8, 4) is 0 Å². The van der Waals surface area contributed by atoms with Gasteiger partial charge in [0.25, 0.3) is 5.56 Å². The molecule has 22 heavy (non-hydrogen) atoms. The van der Waals surface area contributed by atoms with Gasteiger partial charge >= 0.3 is 0 Å². The fraction of sp³-hybridized carbons (Fsp3) is 0. The fourth-order valence-corrected chi connectivity index (χ4v) is 2.24. The first-order valence-corrected chi connectivity index (χ1v) is 6.98. The van der Waals surface area contributed by atoms with Crippen LogP contribution < -0.4 is 16.8 Å². The molecule has 5 nitrogen and oxygen atoms in total. The molecule has 0 spiro atoms. The molecule has 110 valence electrons. The van der Waals surface area contributed by atoms with Crippen LogP contribution in [0.25, 0.3) is 22.8 Å². The summed E-state index contributed by atoms with van der Waals surface area (Å²) in [5.74, 6) is 5.56. The summed E-state index contributed by atoms with van der Waals surface area (Å²) in [5.41, 5.74) is 5.37. The van der Waals surface area contributed by atoms with Crippen molar-refractivity contribution in [2.24, 2.45) is 5.84 Å². The Balaban J connectivity index is 2.10. The van der Waals surface area contributed by atoms with Gasteiger partial charge in [0.2, 0.25) is 0 Å². The molecule has 1 aromatic heterocycles. The van der Waals surface area contributed by atoms with Crippen LogP contribution in [0.2, 0.25) is 5.02 Å². The molecule has 0 fully saturated rings. The fourth-order valence-electron chi connectivity index (χ4n) is 2.12. The minimum atomic E-state index is -0.277. The summed E-state index contributed by atoms with van der Waals surface area (Å²) in [4.78, 5) is 19.3. The van der Waals surface area contributed by atoms with Crippen LogP contribution in [0.3, 0.4) is 0 Å². The van der Waals surface area contributed by atoms with Crippen molar-refractivity contribution in [1.29, 1.82) is 0 Å². The number of benzene rings is 2. The second-order valence-corrected chi connectivity index (χ2v) is 5.11. The summed E-state index contributed by atoms with van der Waals surface area (Å²) in [7, 11) is 0. The standard InChI is InChI=1S/C16H13ClN4O/c17-11-7-5-10(6-8-11)14(21-18)9-15-16(22)20-13-4-2-1-3-12(13)19-15/h1-9,21H,18H2,(H,20,22)/b14-9-. The number of nitrogens with two attached hydrogens (primary N) is 1. The van der Waals surface area contributed by atoms with E-state index in [0.717, 1.165) is 5.56 Å². The molecule has 3 aromatic rings. The molecule has 0 radical (unpaired) electrons. The van der Waals surface area contributed by atoms with E-state index in [1.54, 1.807) is 24.3 Å². The van der Waals surface area contributed by atoms with Crippen molar-refractivity contribution in [2.75, 3.05) is 0 Å². The van der Waals surface area contributed by atoms with Crippen molar-refractivity contribution in [3.05, 3.63) is 75.2 Å². The van der Waals surface area contributed by atoms with Crippen LogP contribution in [0.5, 0.6) is 0 Å². The Labute approximate surface area is 131 Å².